The first kappa shape index (κ1) is 11.6. The van der Waals surface area contributed by atoms with Crippen molar-refractivity contribution >= 4 is 21.4 Å². The molecule has 0 saturated heterocycles. The third-order valence-corrected chi connectivity index (χ3v) is 3.76. The fourth-order valence-corrected chi connectivity index (χ4v) is 2.05. The number of hydrogen-bond acceptors (Lipinski definition) is 5. The predicted octanol–water partition coefficient (Wildman–Crippen LogP) is -0.218. The zero-order valence-corrected chi connectivity index (χ0v) is 9.49. The second-order valence-corrected chi connectivity index (χ2v) is 5.65. The van der Waals surface area contributed by atoms with Crippen molar-refractivity contribution in [3.05, 3.63) is 16.6 Å². The van der Waals surface area contributed by atoms with Crippen LogP contribution in [-0.2, 0) is 16.6 Å². The molecule has 1 rings (SSSR count). The van der Waals surface area contributed by atoms with Crippen LogP contribution in [0.25, 0.3) is 0 Å². The van der Waals surface area contributed by atoms with E-state index in [1.807, 2.05) is 5.38 Å². The molecule has 0 radical (unpaired) electrons. The Balaban J connectivity index is 2.17. The minimum Gasteiger partial charge on any atom is -0.309 e. The van der Waals surface area contributed by atoms with Crippen molar-refractivity contribution in [3.63, 3.8) is 0 Å². The molecule has 0 amide bonds. The Bertz CT molecular complexity index is 347. The van der Waals surface area contributed by atoms with Crippen molar-refractivity contribution in [2.75, 3.05) is 19.3 Å². The number of sulfonamides is 1. The average molecular weight is 235 g/mol. The molecule has 0 aliphatic carbocycles. The summed E-state index contributed by atoms with van der Waals surface area (Å²) < 4.78 is 24.2. The standard InChI is InChI=1S/C7H13N3O2S2/c1-8-14(11,12)5-3-9-6-7-10-2-4-13-7/h2,4,8-9H,3,5-6H2,1H3. The molecule has 80 valence electrons. The van der Waals surface area contributed by atoms with Crippen LogP contribution in [0.3, 0.4) is 0 Å². The van der Waals surface area contributed by atoms with E-state index in [4.69, 9.17) is 0 Å². The summed E-state index contributed by atoms with van der Waals surface area (Å²) in [6, 6.07) is 0. The topological polar surface area (TPSA) is 71.1 Å². The molecule has 0 spiro atoms. The molecule has 1 aromatic heterocycles. The lowest BCUT2D eigenvalue weighted by atomic mass is 10.6. The van der Waals surface area contributed by atoms with Crippen LogP contribution in [0.15, 0.2) is 11.6 Å². The maximum atomic E-state index is 11.0. The summed E-state index contributed by atoms with van der Waals surface area (Å²) in [5.41, 5.74) is 0. The van der Waals surface area contributed by atoms with Crippen LogP contribution in [0.1, 0.15) is 5.01 Å². The van der Waals surface area contributed by atoms with Gasteiger partial charge in [0.05, 0.1) is 5.75 Å². The van der Waals surface area contributed by atoms with Gasteiger partial charge in [0.15, 0.2) is 0 Å². The van der Waals surface area contributed by atoms with Gasteiger partial charge in [0.25, 0.3) is 0 Å². The number of nitrogens with zero attached hydrogens (tertiary/aromatic N) is 1. The predicted molar refractivity (Wildman–Crippen MR) is 56.7 cm³/mol. The maximum absolute atomic E-state index is 11.0. The van der Waals surface area contributed by atoms with E-state index in [0.717, 1.165) is 5.01 Å². The molecular weight excluding hydrogens is 222 g/mol. The highest BCUT2D eigenvalue weighted by molar-refractivity contribution is 7.89. The average Bonchev–Trinajstić information content (AvgIpc) is 2.65. The molecule has 7 heteroatoms. The monoisotopic (exact) mass is 235 g/mol. The van der Waals surface area contributed by atoms with Gasteiger partial charge in [-0.25, -0.2) is 18.1 Å². The zero-order valence-electron chi connectivity index (χ0n) is 7.86. The zero-order chi connectivity index (χ0) is 10.4. The Morgan fingerprint density at radius 2 is 2.36 bits per heavy atom. The first-order valence-corrected chi connectivity index (χ1v) is 6.67. The SMILES string of the molecule is CNS(=O)(=O)CCNCc1nccs1. The Morgan fingerprint density at radius 1 is 1.57 bits per heavy atom. The normalized spacial score (nSPS) is 11.8. The highest BCUT2D eigenvalue weighted by atomic mass is 32.2. The van der Waals surface area contributed by atoms with Crippen LogP contribution in [0, 0.1) is 0 Å². The van der Waals surface area contributed by atoms with Crippen LogP contribution in [0.5, 0.6) is 0 Å². The van der Waals surface area contributed by atoms with E-state index < -0.39 is 10.0 Å². The van der Waals surface area contributed by atoms with Gasteiger partial charge in [-0.2, -0.15) is 0 Å². The summed E-state index contributed by atoms with van der Waals surface area (Å²) in [6.07, 6.45) is 1.73. The Morgan fingerprint density at radius 3 is 2.93 bits per heavy atom. The molecule has 14 heavy (non-hydrogen) atoms. The lowest BCUT2D eigenvalue weighted by Gasteiger charge is -2.02. The molecule has 0 saturated carbocycles. The van der Waals surface area contributed by atoms with E-state index in [1.54, 1.807) is 17.5 Å². The van der Waals surface area contributed by atoms with Crippen LogP contribution >= 0.6 is 11.3 Å². The second kappa shape index (κ2) is 5.40. The molecule has 0 aliphatic heterocycles. The molecule has 1 aromatic rings. The fourth-order valence-electron chi connectivity index (χ4n) is 0.844. The van der Waals surface area contributed by atoms with Crippen molar-refractivity contribution in [2.45, 2.75) is 6.54 Å². The lowest BCUT2D eigenvalue weighted by Crippen LogP contribution is -2.29. The van der Waals surface area contributed by atoms with Crippen molar-refractivity contribution in [1.82, 2.24) is 15.0 Å². The summed E-state index contributed by atoms with van der Waals surface area (Å²) in [5, 5.41) is 5.86. The van der Waals surface area contributed by atoms with E-state index in [0.29, 0.717) is 13.1 Å². The van der Waals surface area contributed by atoms with Gasteiger partial charge >= 0.3 is 0 Å². The van der Waals surface area contributed by atoms with E-state index in [1.165, 1.54) is 7.05 Å². The van der Waals surface area contributed by atoms with Crippen LogP contribution < -0.4 is 10.0 Å². The van der Waals surface area contributed by atoms with Gasteiger partial charge < -0.3 is 5.32 Å². The molecule has 0 unspecified atom stereocenters. The third kappa shape index (κ3) is 4.14. The summed E-state index contributed by atoms with van der Waals surface area (Å²) in [6.45, 7) is 1.06. The summed E-state index contributed by atoms with van der Waals surface area (Å²) in [7, 11) is -1.68. The molecule has 5 nitrogen and oxygen atoms in total. The highest BCUT2D eigenvalue weighted by Gasteiger charge is 2.05. The van der Waals surface area contributed by atoms with Gasteiger partial charge in [0, 0.05) is 24.7 Å². The third-order valence-electron chi connectivity index (χ3n) is 1.62. The molecule has 0 aromatic carbocycles. The number of aromatic nitrogens is 1. The number of nitrogens with one attached hydrogen (secondary N) is 2. The first-order chi connectivity index (χ1) is 6.64. The Hall–Kier alpha value is -0.500. The van der Waals surface area contributed by atoms with E-state index >= 15 is 0 Å². The molecule has 0 aliphatic rings. The van der Waals surface area contributed by atoms with Crippen molar-refractivity contribution in [2.24, 2.45) is 0 Å². The van der Waals surface area contributed by atoms with Crippen molar-refractivity contribution in [3.8, 4) is 0 Å². The van der Waals surface area contributed by atoms with Crippen LogP contribution in [-0.4, -0.2) is 32.7 Å². The van der Waals surface area contributed by atoms with Crippen molar-refractivity contribution in [1.29, 1.82) is 0 Å². The summed E-state index contributed by atoms with van der Waals surface area (Å²) >= 11 is 1.55. The Kier molecular flexibility index (Phi) is 4.46. The minimum absolute atomic E-state index is 0.0921. The molecule has 0 bridgehead atoms. The van der Waals surface area contributed by atoms with Gasteiger partial charge in [-0.3, -0.25) is 0 Å². The fraction of sp³-hybridized carbons (Fsp3) is 0.571. The van der Waals surface area contributed by atoms with Crippen LogP contribution in [0.2, 0.25) is 0 Å². The quantitative estimate of drug-likeness (QED) is 0.669. The first-order valence-electron chi connectivity index (χ1n) is 4.14. The van der Waals surface area contributed by atoms with Gasteiger partial charge in [0.2, 0.25) is 10.0 Å². The second-order valence-electron chi connectivity index (χ2n) is 2.63. The number of rotatable bonds is 6. The van der Waals surface area contributed by atoms with Gasteiger partial charge in [-0.05, 0) is 7.05 Å². The molecule has 2 N–H and O–H groups in total. The lowest BCUT2D eigenvalue weighted by molar-refractivity contribution is 0.583. The number of thiazole rings is 1. The largest absolute Gasteiger partial charge is 0.309 e. The Labute approximate surface area is 87.6 Å². The maximum Gasteiger partial charge on any atom is 0.212 e. The van der Waals surface area contributed by atoms with E-state index in [-0.39, 0.29) is 5.75 Å². The van der Waals surface area contributed by atoms with Crippen LogP contribution in [0.4, 0.5) is 0 Å². The molecule has 0 fully saturated rings. The minimum atomic E-state index is -3.09. The van der Waals surface area contributed by atoms with E-state index in [9.17, 15) is 8.42 Å². The molecular formula is C7H13N3O2S2. The summed E-state index contributed by atoms with van der Waals surface area (Å²) in [4.78, 5) is 4.06. The highest BCUT2D eigenvalue weighted by Crippen LogP contribution is 2.02. The van der Waals surface area contributed by atoms with Gasteiger partial charge in [0.1, 0.15) is 5.01 Å². The van der Waals surface area contributed by atoms with E-state index in [2.05, 4.69) is 15.0 Å². The van der Waals surface area contributed by atoms with Crippen molar-refractivity contribution < 1.29 is 8.42 Å². The summed E-state index contributed by atoms with van der Waals surface area (Å²) in [5.74, 6) is 0.0921. The molecule has 1 heterocycles. The molecule has 0 atom stereocenters. The van der Waals surface area contributed by atoms with Gasteiger partial charge in [-0.15, -0.1) is 11.3 Å². The smallest absolute Gasteiger partial charge is 0.212 e. The van der Waals surface area contributed by atoms with Gasteiger partial charge in [-0.1, -0.05) is 0 Å². The number of hydrogen-bond donors (Lipinski definition) is 2.